The maximum Gasteiger partial charge on any atom is 0.259 e. The van der Waals surface area contributed by atoms with Gasteiger partial charge in [-0.2, -0.15) is 0 Å². The van der Waals surface area contributed by atoms with E-state index in [2.05, 4.69) is 0 Å². The van der Waals surface area contributed by atoms with Crippen LogP contribution >= 0.6 is 11.6 Å². The molecule has 1 aliphatic rings. The van der Waals surface area contributed by atoms with Gasteiger partial charge in [-0.25, -0.2) is 8.42 Å². The molecule has 1 atom stereocenters. The van der Waals surface area contributed by atoms with Crippen LogP contribution in [0.1, 0.15) is 23.7 Å². The van der Waals surface area contributed by atoms with Crippen LogP contribution in [0.25, 0.3) is 0 Å². The number of halogens is 1. The van der Waals surface area contributed by atoms with Gasteiger partial charge in [-0.15, -0.1) is 0 Å². The normalized spacial score (nSPS) is 22.0. The molecule has 0 spiro atoms. The van der Waals surface area contributed by atoms with Gasteiger partial charge in [-0.1, -0.05) is 0 Å². The van der Waals surface area contributed by atoms with E-state index in [1.54, 1.807) is 4.90 Å². The molecular weight excluding hydrogens is 278 g/mol. The molecule has 2 rings (SSSR count). The minimum atomic E-state index is -3.01. The number of sulfone groups is 1. The molecule has 18 heavy (non-hydrogen) atoms. The Morgan fingerprint density at radius 1 is 1.61 bits per heavy atom. The molecule has 0 bridgehead atoms. The van der Waals surface area contributed by atoms with E-state index in [9.17, 15) is 13.2 Å². The van der Waals surface area contributed by atoms with Gasteiger partial charge in [0.15, 0.2) is 9.84 Å². The maximum atomic E-state index is 12.2. The quantitative estimate of drug-likeness (QED) is 0.848. The monoisotopic (exact) mass is 291 g/mol. The molecular formula is C11H14ClNO4S. The highest BCUT2D eigenvalue weighted by Crippen LogP contribution is 2.23. The van der Waals surface area contributed by atoms with Crippen LogP contribution in [0.3, 0.4) is 0 Å². The third kappa shape index (κ3) is 2.54. The smallest absolute Gasteiger partial charge is 0.259 e. The molecule has 1 aromatic heterocycles. The number of furan rings is 1. The van der Waals surface area contributed by atoms with Gasteiger partial charge in [-0.05, 0) is 31.0 Å². The molecule has 7 heteroatoms. The number of amides is 1. The third-order valence-corrected chi connectivity index (χ3v) is 5.14. The molecule has 1 unspecified atom stereocenters. The lowest BCUT2D eigenvalue weighted by Gasteiger charge is -2.26. The second-order valence-electron chi connectivity index (χ2n) is 4.26. The van der Waals surface area contributed by atoms with Crippen molar-refractivity contribution in [3.05, 3.63) is 23.1 Å². The van der Waals surface area contributed by atoms with Gasteiger partial charge in [0.25, 0.3) is 5.91 Å². The standard InChI is InChI=1S/C11H14ClNO4S/c1-2-13(8-4-6-18(15,16)7-8)11(14)9-3-5-17-10(9)12/h3,5,8H,2,4,6-7H2,1H3. The van der Waals surface area contributed by atoms with Crippen molar-refractivity contribution in [1.82, 2.24) is 4.90 Å². The summed E-state index contributed by atoms with van der Waals surface area (Å²) in [6.07, 6.45) is 1.83. The summed E-state index contributed by atoms with van der Waals surface area (Å²) in [6, 6.07) is 1.23. The molecule has 1 fully saturated rings. The zero-order chi connectivity index (χ0) is 13.3. The van der Waals surface area contributed by atoms with Crippen LogP contribution in [0.15, 0.2) is 16.7 Å². The van der Waals surface area contributed by atoms with Gasteiger partial charge in [0.1, 0.15) is 0 Å². The Kier molecular flexibility index (Phi) is 3.68. The third-order valence-electron chi connectivity index (χ3n) is 3.10. The van der Waals surface area contributed by atoms with Crippen molar-refractivity contribution in [2.75, 3.05) is 18.1 Å². The SMILES string of the molecule is CCN(C(=O)c1ccoc1Cl)C1CCS(=O)(=O)C1. The van der Waals surface area contributed by atoms with E-state index in [1.807, 2.05) is 6.92 Å². The van der Waals surface area contributed by atoms with E-state index in [4.69, 9.17) is 16.0 Å². The van der Waals surface area contributed by atoms with Gasteiger partial charge >= 0.3 is 0 Å². The number of carbonyl (C=O) groups is 1. The number of carbonyl (C=O) groups excluding carboxylic acids is 1. The highest BCUT2D eigenvalue weighted by Gasteiger charge is 2.35. The topological polar surface area (TPSA) is 67.6 Å². The highest BCUT2D eigenvalue weighted by molar-refractivity contribution is 7.91. The first-order chi connectivity index (χ1) is 8.44. The summed E-state index contributed by atoms with van der Waals surface area (Å²) < 4.78 is 27.8. The van der Waals surface area contributed by atoms with Crippen molar-refractivity contribution in [1.29, 1.82) is 0 Å². The van der Waals surface area contributed by atoms with E-state index in [1.165, 1.54) is 12.3 Å². The second kappa shape index (κ2) is 4.93. The molecule has 2 heterocycles. The first-order valence-corrected chi connectivity index (χ1v) is 7.89. The molecule has 1 amide bonds. The second-order valence-corrected chi connectivity index (χ2v) is 6.83. The van der Waals surface area contributed by atoms with Gasteiger partial charge in [-0.3, -0.25) is 4.79 Å². The predicted molar refractivity (Wildman–Crippen MR) is 67.5 cm³/mol. The Hall–Kier alpha value is -1.01. The summed E-state index contributed by atoms with van der Waals surface area (Å²) in [7, 11) is -3.01. The number of hydrogen-bond donors (Lipinski definition) is 0. The van der Waals surface area contributed by atoms with E-state index >= 15 is 0 Å². The minimum absolute atomic E-state index is 0.0298. The molecule has 100 valence electrons. The van der Waals surface area contributed by atoms with Crippen molar-refractivity contribution < 1.29 is 17.6 Å². The maximum absolute atomic E-state index is 12.2. The highest BCUT2D eigenvalue weighted by atomic mass is 35.5. The van der Waals surface area contributed by atoms with Crippen LogP contribution in [0.2, 0.25) is 5.22 Å². The van der Waals surface area contributed by atoms with Crippen LogP contribution in [0, 0.1) is 0 Å². The number of nitrogens with zero attached hydrogens (tertiary/aromatic N) is 1. The Labute approximate surface area is 111 Å². The minimum Gasteiger partial charge on any atom is -0.452 e. The first kappa shape index (κ1) is 13.4. The summed E-state index contributed by atoms with van der Waals surface area (Å²) in [5, 5.41) is 0.0410. The van der Waals surface area contributed by atoms with Crippen molar-refractivity contribution >= 4 is 27.3 Å². The van der Waals surface area contributed by atoms with Gasteiger partial charge < -0.3 is 9.32 Å². The van der Waals surface area contributed by atoms with Crippen molar-refractivity contribution in [3.8, 4) is 0 Å². The van der Waals surface area contributed by atoms with Crippen LogP contribution < -0.4 is 0 Å². The lowest BCUT2D eigenvalue weighted by molar-refractivity contribution is 0.0708. The Balaban J connectivity index is 2.20. The lowest BCUT2D eigenvalue weighted by atomic mass is 10.2. The molecule has 1 aliphatic heterocycles. The summed E-state index contributed by atoms with van der Waals surface area (Å²) in [5.74, 6) is -0.110. The average Bonchev–Trinajstić information content (AvgIpc) is 2.86. The molecule has 0 aromatic carbocycles. The zero-order valence-corrected chi connectivity index (χ0v) is 11.5. The molecule has 1 saturated heterocycles. The van der Waals surface area contributed by atoms with E-state index in [0.717, 1.165) is 0 Å². The van der Waals surface area contributed by atoms with Crippen molar-refractivity contribution in [2.24, 2.45) is 0 Å². The summed E-state index contributed by atoms with van der Waals surface area (Å²) in [5.41, 5.74) is 0.280. The lowest BCUT2D eigenvalue weighted by Crippen LogP contribution is -2.40. The molecule has 5 nitrogen and oxygen atoms in total. The van der Waals surface area contributed by atoms with Gasteiger partial charge in [0, 0.05) is 12.6 Å². The van der Waals surface area contributed by atoms with E-state index in [0.29, 0.717) is 13.0 Å². The summed E-state index contributed by atoms with van der Waals surface area (Å²) >= 11 is 5.77. The van der Waals surface area contributed by atoms with Crippen LogP contribution in [0.4, 0.5) is 0 Å². The van der Waals surface area contributed by atoms with Gasteiger partial charge in [0.05, 0.1) is 23.3 Å². The Bertz CT molecular complexity index is 551. The molecule has 0 radical (unpaired) electrons. The van der Waals surface area contributed by atoms with Crippen molar-refractivity contribution in [3.63, 3.8) is 0 Å². The van der Waals surface area contributed by atoms with E-state index < -0.39 is 9.84 Å². The molecule has 0 aliphatic carbocycles. The largest absolute Gasteiger partial charge is 0.452 e. The van der Waals surface area contributed by atoms with Crippen LogP contribution in [-0.2, 0) is 9.84 Å². The molecule has 0 saturated carbocycles. The number of hydrogen-bond acceptors (Lipinski definition) is 4. The Morgan fingerprint density at radius 2 is 2.33 bits per heavy atom. The fourth-order valence-corrected chi connectivity index (χ4v) is 4.12. The first-order valence-electron chi connectivity index (χ1n) is 5.69. The van der Waals surface area contributed by atoms with Crippen LogP contribution in [-0.4, -0.2) is 43.3 Å². The fourth-order valence-electron chi connectivity index (χ4n) is 2.19. The van der Waals surface area contributed by atoms with Gasteiger partial charge in [0.2, 0.25) is 5.22 Å². The summed E-state index contributed by atoms with van der Waals surface area (Å²) in [6.45, 7) is 2.26. The number of rotatable bonds is 3. The Morgan fingerprint density at radius 3 is 2.78 bits per heavy atom. The molecule has 0 N–H and O–H groups in total. The fraction of sp³-hybridized carbons (Fsp3) is 0.545. The van der Waals surface area contributed by atoms with E-state index in [-0.39, 0.29) is 34.2 Å². The average molecular weight is 292 g/mol. The predicted octanol–water partition coefficient (Wildman–Crippen LogP) is 1.58. The summed E-state index contributed by atoms with van der Waals surface area (Å²) in [4.78, 5) is 13.8. The molecule has 1 aromatic rings. The van der Waals surface area contributed by atoms with Crippen LogP contribution in [0.5, 0.6) is 0 Å². The zero-order valence-electron chi connectivity index (χ0n) is 9.93. The van der Waals surface area contributed by atoms with Crippen molar-refractivity contribution in [2.45, 2.75) is 19.4 Å².